The summed E-state index contributed by atoms with van der Waals surface area (Å²) in [5, 5.41) is 15.1. The van der Waals surface area contributed by atoms with Gasteiger partial charge in [0.25, 0.3) is 5.91 Å². The molecule has 2 aromatic rings. The van der Waals surface area contributed by atoms with Crippen LogP contribution in [0.5, 0.6) is 0 Å². The third-order valence-corrected chi connectivity index (χ3v) is 10.3. The molecule has 13 heteroatoms. The fourth-order valence-electron chi connectivity index (χ4n) is 5.43. The van der Waals surface area contributed by atoms with Crippen LogP contribution in [0.2, 0.25) is 5.02 Å². The highest BCUT2D eigenvalue weighted by Crippen LogP contribution is 2.55. The van der Waals surface area contributed by atoms with E-state index in [2.05, 4.69) is 10.6 Å². The number of carbonyl (C=O) groups is 2. The standard InChI is InChI=1S/C26H29ClF3N3O5S/c27-19-5-4-14(25(35)33-17-11-20(28)24(30)21(29)12-17)7-22(19)39(37,38)18-9-15-8-16(10-18)26(15,36)13-32-23(34)3-1-2-6-31/h4-5,7,11-12,15-16,18,36H,1-3,6,8-10,13,31H2,(H,32,34)(H,33,35)/t15?,16?,18-,26-. The Balaban J connectivity index is 1.45. The number of aliphatic hydroxyl groups is 1. The Hall–Kier alpha value is -2.67. The van der Waals surface area contributed by atoms with Gasteiger partial charge in [0.15, 0.2) is 27.3 Å². The maximum absolute atomic E-state index is 13.5. The molecule has 0 aliphatic heterocycles. The zero-order valence-electron chi connectivity index (χ0n) is 20.9. The highest BCUT2D eigenvalue weighted by Gasteiger charge is 2.60. The first-order valence-corrected chi connectivity index (χ1v) is 14.5. The number of hydrogen-bond acceptors (Lipinski definition) is 6. The van der Waals surface area contributed by atoms with E-state index in [1.54, 1.807) is 0 Å². The Labute approximate surface area is 229 Å². The van der Waals surface area contributed by atoms with E-state index < -0.39 is 44.0 Å². The number of nitrogens with one attached hydrogen (secondary N) is 2. The lowest BCUT2D eigenvalue weighted by atomic mass is 9.53. The highest BCUT2D eigenvalue weighted by atomic mass is 35.5. The molecular weight excluding hydrogens is 559 g/mol. The number of unbranched alkanes of at least 4 members (excludes halogenated alkanes) is 1. The molecule has 3 saturated carbocycles. The zero-order chi connectivity index (χ0) is 28.5. The summed E-state index contributed by atoms with van der Waals surface area (Å²) in [5.74, 6) is -6.42. The first-order valence-electron chi connectivity index (χ1n) is 12.5. The minimum Gasteiger partial charge on any atom is -0.387 e. The molecule has 212 valence electrons. The van der Waals surface area contributed by atoms with E-state index in [0.717, 1.165) is 12.5 Å². The molecule has 0 spiro atoms. The molecule has 39 heavy (non-hydrogen) atoms. The lowest BCUT2D eigenvalue weighted by molar-refractivity contribution is -0.174. The minimum absolute atomic E-state index is 0.0392. The maximum Gasteiger partial charge on any atom is 0.255 e. The van der Waals surface area contributed by atoms with Gasteiger partial charge in [-0.1, -0.05) is 11.6 Å². The summed E-state index contributed by atoms with van der Waals surface area (Å²) in [6, 6.07) is 4.76. The van der Waals surface area contributed by atoms with Crippen LogP contribution in [-0.4, -0.2) is 49.3 Å². The lowest BCUT2D eigenvalue weighted by Gasteiger charge is -2.58. The van der Waals surface area contributed by atoms with Crippen LogP contribution >= 0.6 is 11.6 Å². The molecule has 0 heterocycles. The number of fused-ring (bicyclic) bond motifs is 2. The predicted molar refractivity (Wildman–Crippen MR) is 138 cm³/mol. The van der Waals surface area contributed by atoms with E-state index in [-0.39, 0.29) is 58.3 Å². The molecule has 8 nitrogen and oxygen atoms in total. The second-order valence-corrected chi connectivity index (χ2v) is 12.7. The van der Waals surface area contributed by atoms with Crippen molar-refractivity contribution in [2.24, 2.45) is 17.6 Å². The van der Waals surface area contributed by atoms with Crippen molar-refractivity contribution in [3.05, 3.63) is 58.4 Å². The molecule has 2 bridgehead atoms. The van der Waals surface area contributed by atoms with E-state index in [1.807, 2.05) is 0 Å². The van der Waals surface area contributed by atoms with Gasteiger partial charge in [-0.3, -0.25) is 9.59 Å². The molecule has 2 aromatic carbocycles. The van der Waals surface area contributed by atoms with Crippen molar-refractivity contribution in [3.8, 4) is 0 Å². The Morgan fingerprint density at radius 1 is 1.05 bits per heavy atom. The molecule has 0 radical (unpaired) electrons. The van der Waals surface area contributed by atoms with Gasteiger partial charge in [0.1, 0.15) is 0 Å². The third kappa shape index (κ3) is 5.93. The SMILES string of the molecule is NCCCCC(=O)NC[C@]1(O)C2CC1C[C@@H](S(=O)(=O)c1cc(C(=O)Nc3cc(F)c(F)c(F)c3)ccc1Cl)C2. The van der Waals surface area contributed by atoms with Gasteiger partial charge in [0, 0.05) is 36.3 Å². The first-order chi connectivity index (χ1) is 18.4. The summed E-state index contributed by atoms with van der Waals surface area (Å²) in [4.78, 5) is 24.5. The van der Waals surface area contributed by atoms with Crippen molar-refractivity contribution in [3.63, 3.8) is 0 Å². The zero-order valence-corrected chi connectivity index (χ0v) is 22.4. The summed E-state index contributed by atoms with van der Waals surface area (Å²) in [6.45, 7) is 0.528. The predicted octanol–water partition coefficient (Wildman–Crippen LogP) is 3.56. The molecule has 3 fully saturated rings. The van der Waals surface area contributed by atoms with Crippen LogP contribution in [-0.2, 0) is 14.6 Å². The van der Waals surface area contributed by atoms with E-state index >= 15 is 0 Å². The number of amides is 2. The minimum atomic E-state index is -4.03. The Kier molecular flexibility index (Phi) is 8.60. The second-order valence-electron chi connectivity index (χ2n) is 10.1. The number of anilines is 1. The highest BCUT2D eigenvalue weighted by molar-refractivity contribution is 7.92. The van der Waals surface area contributed by atoms with Gasteiger partial charge in [0.2, 0.25) is 5.91 Å². The normalized spacial score (nSPS) is 24.1. The van der Waals surface area contributed by atoms with Gasteiger partial charge in [0.05, 0.1) is 20.8 Å². The van der Waals surface area contributed by atoms with Crippen molar-refractivity contribution in [1.82, 2.24) is 5.32 Å². The van der Waals surface area contributed by atoms with Crippen molar-refractivity contribution < 1.29 is 36.3 Å². The van der Waals surface area contributed by atoms with Gasteiger partial charge in [-0.2, -0.15) is 0 Å². The Morgan fingerprint density at radius 3 is 2.31 bits per heavy atom. The molecule has 3 aliphatic rings. The van der Waals surface area contributed by atoms with E-state index in [4.69, 9.17) is 17.3 Å². The number of carbonyl (C=O) groups excluding carboxylic acids is 2. The van der Waals surface area contributed by atoms with Crippen LogP contribution in [0.3, 0.4) is 0 Å². The molecule has 0 saturated heterocycles. The lowest BCUT2D eigenvalue weighted by Crippen LogP contribution is -2.66. The van der Waals surface area contributed by atoms with Crippen LogP contribution < -0.4 is 16.4 Å². The van der Waals surface area contributed by atoms with E-state index in [9.17, 15) is 36.3 Å². The van der Waals surface area contributed by atoms with Gasteiger partial charge in [-0.05, 0) is 68.7 Å². The summed E-state index contributed by atoms with van der Waals surface area (Å²) in [5.41, 5.74) is 3.75. The summed E-state index contributed by atoms with van der Waals surface area (Å²) in [7, 11) is -4.03. The van der Waals surface area contributed by atoms with Crippen LogP contribution in [0, 0.1) is 29.3 Å². The van der Waals surface area contributed by atoms with Crippen molar-refractivity contribution in [2.45, 2.75) is 54.3 Å². The molecule has 5 N–H and O–H groups in total. The number of halogens is 4. The topological polar surface area (TPSA) is 139 Å². The smallest absolute Gasteiger partial charge is 0.255 e. The Bertz CT molecular complexity index is 1360. The third-order valence-electron chi connectivity index (χ3n) is 7.68. The van der Waals surface area contributed by atoms with Gasteiger partial charge in [-0.25, -0.2) is 21.6 Å². The Morgan fingerprint density at radius 2 is 1.69 bits per heavy atom. The number of nitrogens with two attached hydrogens (primary N) is 1. The molecule has 2 amide bonds. The molecular formula is C26H29ClF3N3O5S. The largest absolute Gasteiger partial charge is 0.387 e. The van der Waals surface area contributed by atoms with E-state index in [0.29, 0.717) is 37.9 Å². The summed E-state index contributed by atoms with van der Waals surface area (Å²) >= 11 is 6.21. The average Bonchev–Trinajstić information content (AvgIpc) is 2.90. The first kappa shape index (κ1) is 29.3. The maximum atomic E-state index is 13.5. The van der Waals surface area contributed by atoms with E-state index in [1.165, 1.54) is 12.1 Å². The van der Waals surface area contributed by atoms with Crippen molar-refractivity contribution >= 4 is 38.9 Å². The molecule has 3 aliphatic carbocycles. The van der Waals surface area contributed by atoms with Gasteiger partial charge in [-0.15, -0.1) is 0 Å². The van der Waals surface area contributed by atoms with Crippen LogP contribution in [0.1, 0.15) is 48.9 Å². The fraction of sp³-hybridized carbons (Fsp3) is 0.462. The van der Waals surface area contributed by atoms with Crippen molar-refractivity contribution in [2.75, 3.05) is 18.4 Å². The molecule has 2 atom stereocenters. The number of benzene rings is 2. The number of rotatable bonds is 10. The molecule has 0 aromatic heterocycles. The summed E-state index contributed by atoms with van der Waals surface area (Å²) in [6.07, 6.45) is 2.60. The fourth-order valence-corrected chi connectivity index (χ4v) is 7.83. The monoisotopic (exact) mass is 587 g/mol. The average molecular weight is 588 g/mol. The van der Waals surface area contributed by atoms with Gasteiger partial charge >= 0.3 is 0 Å². The quantitative estimate of drug-likeness (QED) is 0.248. The van der Waals surface area contributed by atoms with Crippen LogP contribution in [0.15, 0.2) is 35.2 Å². The van der Waals surface area contributed by atoms with Crippen LogP contribution in [0.4, 0.5) is 18.9 Å². The van der Waals surface area contributed by atoms with Crippen molar-refractivity contribution in [1.29, 1.82) is 0 Å². The van der Waals surface area contributed by atoms with Crippen LogP contribution in [0.25, 0.3) is 0 Å². The molecule has 5 rings (SSSR count). The van der Waals surface area contributed by atoms with Gasteiger partial charge < -0.3 is 21.5 Å². The molecule has 2 unspecified atom stereocenters. The number of sulfone groups is 1. The number of hydrogen-bond donors (Lipinski definition) is 4. The summed E-state index contributed by atoms with van der Waals surface area (Å²) < 4.78 is 67.3. The second kappa shape index (κ2) is 11.4.